The number of nitrogens with one attached hydrogen (secondary N) is 2. The summed E-state index contributed by atoms with van der Waals surface area (Å²) in [5, 5.41) is 3.36. The summed E-state index contributed by atoms with van der Waals surface area (Å²) in [7, 11) is 0. The summed E-state index contributed by atoms with van der Waals surface area (Å²) < 4.78 is 5.29. The van der Waals surface area contributed by atoms with E-state index in [0.717, 1.165) is 25.1 Å². The lowest BCUT2D eigenvalue weighted by molar-refractivity contribution is 0.141. The average Bonchev–Trinajstić information content (AvgIpc) is 2.94. The first-order chi connectivity index (χ1) is 9.26. The maximum Gasteiger partial charge on any atom is 0.247 e. The predicted molar refractivity (Wildman–Crippen MR) is 78.5 cm³/mol. The van der Waals surface area contributed by atoms with Crippen LogP contribution in [0.3, 0.4) is 0 Å². The van der Waals surface area contributed by atoms with E-state index in [-0.39, 0.29) is 5.56 Å². The normalized spacial score (nSPS) is 17.6. The first-order valence-electron chi connectivity index (χ1n) is 6.86. The number of H-pyrrole nitrogens is 1. The highest BCUT2D eigenvalue weighted by Gasteiger charge is 2.12. The topological polar surface area (TPSA) is 54.1 Å². The second-order valence-corrected chi connectivity index (χ2v) is 4.53. The van der Waals surface area contributed by atoms with Crippen LogP contribution in [0.1, 0.15) is 25.3 Å². The molecule has 1 aromatic heterocycles. The molecule has 1 unspecified atom stereocenters. The lowest BCUT2D eigenvalue weighted by Crippen LogP contribution is -2.26. The Kier molecular flexibility index (Phi) is 7.86. The summed E-state index contributed by atoms with van der Waals surface area (Å²) in [5.41, 5.74) is 1.13. The van der Waals surface area contributed by atoms with E-state index in [1.807, 2.05) is 13.0 Å². The van der Waals surface area contributed by atoms with Gasteiger partial charge in [-0.05, 0) is 31.4 Å². The molecule has 0 spiro atoms. The quantitative estimate of drug-likeness (QED) is 0.630. The molecule has 2 rings (SSSR count). The minimum atomic E-state index is -0.0350. The van der Waals surface area contributed by atoms with E-state index in [1.54, 1.807) is 18.3 Å². The molecule has 0 bridgehead atoms. The Morgan fingerprint density at radius 3 is 2.89 bits per heavy atom. The van der Waals surface area contributed by atoms with E-state index >= 15 is 0 Å². The molecule has 1 aliphatic rings. The predicted octanol–water partition coefficient (Wildman–Crippen LogP) is 1.88. The first-order valence-corrected chi connectivity index (χ1v) is 6.86. The fraction of sp³-hybridized carbons (Fsp3) is 0.533. The standard InChI is InChI=1S/C8H15NO.C7H9NO/c1-2-6-10-7-8-4-3-5-9-8;1-2-6-3-4-7(9)8-5-6/h2,8-9H,1,3-7H2;3-5H,2H2,1H3,(H,8,9). The van der Waals surface area contributed by atoms with Gasteiger partial charge in [0.1, 0.15) is 0 Å². The number of hydrogen-bond acceptors (Lipinski definition) is 3. The lowest BCUT2D eigenvalue weighted by Gasteiger charge is -2.08. The molecule has 2 heterocycles. The van der Waals surface area contributed by atoms with Crippen LogP contribution in [0.2, 0.25) is 0 Å². The highest BCUT2D eigenvalue weighted by atomic mass is 16.5. The van der Waals surface area contributed by atoms with Gasteiger partial charge < -0.3 is 15.0 Å². The van der Waals surface area contributed by atoms with Crippen LogP contribution in [0.15, 0.2) is 35.8 Å². The van der Waals surface area contributed by atoms with Gasteiger partial charge in [0, 0.05) is 18.3 Å². The van der Waals surface area contributed by atoms with E-state index in [0.29, 0.717) is 12.6 Å². The van der Waals surface area contributed by atoms with Crippen LogP contribution in [0.4, 0.5) is 0 Å². The molecule has 0 saturated carbocycles. The highest BCUT2D eigenvalue weighted by molar-refractivity contribution is 5.07. The summed E-state index contributed by atoms with van der Waals surface area (Å²) in [6.45, 7) is 8.30. The van der Waals surface area contributed by atoms with Crippen LogP contribution in [0.25, 0.3) is 0 Å². The van der Waals surface area contributed by atoms with Crippen molar-refractivity contribution in [3.63, 3.8) is 0 Å². The minimum Gasteiger partial charge on any atom is -0.376 e. The molecule has 1 fully saturated rings. The number of aromatic amines is 1. The Morgan fingerprint density at radius 2 is 2.37 bits per heavy atom. The molecular weight excluding hydrogens is 240 g/mol. The van der Waals surface area contributed by atoms with Crippen molar-refractivity contribution in [2.45, 2.75) is 32.2 Å². The van der Waals surface area contributed by atoms with E-state index in [1.165, 1.54) is 12.8 Å². The summed E-state index contributed by atoms with van der Waals surface area (Å²) in [6, 6.07) is 3.97. The Balaban J connectivity index is 0.000000191. The summed E-state index contributed by atoms with van der Waals surface area (Å²) in [4.78, 5) is 13.1. The minimum absolute atomic E-state index is 0.0350. The molecule has 2 N–H and O–H groups in total. The third-order valence-electron chi connectivity index (χ3n) is 2.97. The molecule has 0 aromatic carbocycles. The fourth-order valence-electron chi connectivity index (χ4n) is 1.86. The fourth-order valence-corrected chi connectivity index (χ4v) is 1.86. The van der Waals surface area contributed by atoms with Crippen molar-refractivity contribution >= 4 is 0 Å². The van der Waals surface area contributed by atoms with Gasteiger partial charge in [-0.15, -0.1) is 6.58 Å². The first kappa shape index (κ1) is 15.7. The second kappa shape index (κ2) is 9.53. The third-order valence-corrected chi connectivity index (χ3v) is 2.97. The molecule has 1 aliphatic heterocycles. The number of aromatic nitrogens is 1. The maximum atomic E-state index is 10.5. The smallest absolute Gasteiger partial charge is 0.247 e. The van der Waals surface area contributed by atoms with Crippen molar-refractivity contribution in [3.8, 4) is 0 Å². The molecule has 4 heteroatoms. The van der Waals surface area contributed by atoms with Crippen LogP contribution in [0, 0.1) is 0 Å². The SMILES string of the molecule is C=CCOCC1CCCN1.CCc1ccc(=O)[nH]c1. The number of pyridine rings is 1. The summed E-state index contributed by atoms with van der Waals surface area (Å²) >= 11 is 0. The van der Waals surface area contributed by atoms with E-state index in [2.05, 4.69) is 16.9 Å². The van der Waals surface area contributed by atoms with Gasteiger partial charge in [-0.3, -0.25) is 4.79 Å². The van der Waals surface area contributed by atoms with Crippen molar-refractivity contribution in [1.29, 1.82) is 0 Å². The van der Waals surface area contributed by atoms with Gasteiger partial charge in [-0.2, -0.15) is 0 Å². The van der Waals surface area contributed by atoms with Crippen molar-refractivity contribution < 1.29 is 4.74 Å². The molecule has 19 heavy (non-hydrogen) atoms. The zero-order valence-corrected chi connectivity index (χ0v) is 11.7. The molecule has 4 nitrogen and oxygen atoms in total. The number of ether oxygens (including phenoxy) is 1. The number of aryl methyl sites for hydroxylation is 1. The molecule has 1 aromatic rings. The molecule has 0 aliphatic carbocycles. The highest BCUT2D eigenvalue weighted by Crippen LogP contribution is 2.04. The van der Waals surface area contributed by atoms with Crippen molar-refractivity contribution in [2.24, 2.45) is 0 Å². The van der Waals surface area contributed by atoms with Crippen molar-refractivity contribution in [2.75, 3.05) is 19.8 Å². The van der Waals surface area contributed by atoms with E-state index in [9.17, 15) is 4.79 Å². The Hall–Kier alpha value is -1.39. The number of hydrogen-bond donors (Lipinski definition) is 2. The molecule has 106 valence electrons. The monoisotopic (exact) mass is 264 g/mol. The number of rotatable bonds is 5. The van der Waals surface area contributed by atoms with Gasteiger partial charge in [0.15, 0.2) is 0 Å². The molecule has 1 saturated heterocycles. The Labute approximate surface area is 114 Å². The zero-order valence-electron chi connectivity index (χ0n) is 11.7. The van der Waals surface area contributed by atoms with E-state index in [4.69, 9.17) is 4.74 Å². The van der Waals surface area contributed by atoms with Crippen LogP contribution in [0.5, 0.6) is 0 Å². The Morgan fingerprint density at radius 1 is 1.53 bits per heavy atom. The van der Waals surface area contributed by atoms with Gasteiger partial charge in [0.25, 0.3) is 0 Å². The van der Waals surface area contributed by atoms with Gasteiger partial charge >= 0.3 is 0 Å². The van der Waals surface area contributed by atoms with Gasteiger partial charge in [0.2, 0.25) is 5.56 Å². The Bertz CT molecular complexity index is 388. The maximum absolute atomic E-state index is 10.5. The van der Waals surface area contributed by atoms with Crippen LogP contribution >= 0.6 is 0 Å². The van der Waals surface area contributed by atoms with Crippen molar-refractivity contribution in [1.82, 2.24) is 10.3 Å². The third kappa shape index (κ3) is 6.94. The lowest BCUT2D eigenvalue weighted by atomic mass is 10.2. The average molecular weight is 264 g/mol. The van der Waals surface area contributed by atoms with Crippen LogP contribution in [-0.2, 0) is 11.2 Å². The summed E-state index contributed by atoms with van der Waals surface area (Å²) in [5.74, 6) is 0. The van der Waals surface area contributed by atoms with Gasteiger partial charge in [-0.1, -0.05) is 19.1 Å². The van der Waals surface area contributed by atoms with Crippen LogP contribution < -0.4 is 10.9 Å². The largest absolute Gasteiger partial charge is 0.376 e. The zero-order chi connectivity index (χ0) is 13.9. The van der Waals surface area contributed by atoms with Crippen molar-refractivity contribution in [3.05, 3.63) is 46.9 Å². The molecular formula is C15H24N2O2. The molecule has 0 amide bonds. The van der Waals surface area contributed by atoms with Gasteiger partial charge in [0.05, 0.1) is 13.2 Å². The van der Waals surface area contributed by atoms with Crippen LogP contribution in [-0.4, -0.2) is 30.8 Å². The molecule has 0 radical (unpaired) electrons. The van der Waals surface area contributed by atoms with E-state index < -0.39 is 0 Å². The molecule has 1 atom stereocenters. The second-order valence-electron chi connectivity index (χ2n) is 4.53. The van der Waals surface area contributed by atoms with Gasteiger partial charge in [-0.25, -0.2) is 0 Å². The summed E-state index contributed by atoms with van der Waals surface area (Å²) in [6.07, 6.45) is 7.05.